The lowest BCUT2D eigenvalue weighted by atomic mass is 9.85. The third-order valence-corrected chi connectivity index (χ3v) is 1.75. The van der Waals surface area contributed by atoms with Crippen LogP contribution in [0, 0.1) is 5.41 Å². The molecule has 0 bridgehead atoms. The van der Waals surface area contributed by atoms with E-state index in [9.17, 15) is 9.59 Å². The maximum atomic E-state index is 11.1. The van der Waals surface area contributed by atoms with Crippen molar-refractivity contribution in [3.05, 3.63) is 11.6 Å². The Bertz CT molecular complexity index is 241. The van der Waals surface area contributed by atoms with E-state index in [1.807, 2.05) is 20.8 Å². The van der Waals surface area contributed by atoms with E-state index in [1.54, 1.807) is 0 Å². The first-order valence-electron chi connectivity index (χ1n) is 3.69. The Balaban J connectivity index is 2.97. The third-order valence-electron chi connectivity index (χ3n) is 1.75. The molecule has 11 heavy (non-hydrogen) atoms. The Morgan fingerprint density at radius 2 is 1.82 bits per heavy atom. The van der Waals surface area contributed by atoms with Crippen molar-refractivity contribution in [3.8, 4) is 0 Å². The van der Waals surface area contributed by atoms with E-state index in [4.69, 9.17) is 0 Å². The zero-order valence-electron chi connectivity index (χ0n) is 7.10. The molecule has 1 aliphatic rings. The standard InChI is InChI=1S/C9H12O2/c1-9(2,3)7-4-6(10)5-8(7)11/h4H,5H2,1-3H3. The number of hydrogen-bond acceptors (Lipinski definition) is 2. The summed E-state index contributed by atoms with van der Waals surface area (Å²) in [6.45, 7) is 5.82. The van der Waals surface area contributed by atoms with Crippen LogP contribution in [0.15, 0.2) is 11.6 Å². The van der Waals surface area contributed by atoms with Crippen molar-refractivity contribution in [2.45, 2.75) is 27.2 Å². The van der Waals surface area contributed by atoms with Crippen LogP contribution >= 0.6 is 0 Å². The van der Waals surface area contributed by atoms with Gasteiger partial charge in [0.1, 0.15) is 0 Å². The average molecular weight is 152 g/mol. The summed E-state index contributed by atoms with van der Waals surface area (Å²) in [7, 11) is 0. The minimum atomic E-state index is -0.177. The van der Waals surface area contributed by atoms with E-state index in [0.29, 0.717) is 5.57 Å². The minimum Gasteiger partial charge on any atom is -0.294 e. The number of hydrogen-bond donors (Lipinski definition) is 0. The van der Waals surface area contributed by atoms with Crippen LogP contribution in [0.2, 0.25) is 0 Å². The molecule has 0 heterocycles. The van der Waals surface area contributed by atoms with Gasteiger partial charge in [-0.1, -0.05) is 20.8 Å². The molecule has 0 amide bonds. The molecule has 2 nitrogen and oxygen atoms in total. The van der Waals surface area contributed by atoms with E-state index in [0.717, 1.165) is 0 Å². The van der Waals surface area contributed by atoms with E-state index >= 15 is 0 Å². The molecule has 0 aliphatic heterocycles. The van der Waals surface area contributed by atoms with Crippen LogP contribution in [-0.2, 0) is 9.59 Å². The second-order valence-corrected chi connectivity index (χ2v) is 3.87. The molecule has 0 aromatic heterocycles. The molecule has 0 unspecified atom stereocenters. The van der Waals surface area contributed by atoms with Crippen molar-refractivity contribution in [1.82, 2.24) is 0 Å². The van der Waals surface area contributed by atoms with E-state index in [2.05, 4.69) is 0 Å². The average Bonchev–Trinajstić information content (AvgIpc) is 2.08. The van der Waals surface area contributed by atoms with Crippen molar-refractivity contribution in [2.75, 3.05) is 0 Å². The maximum absolute atomic E-state index is 11.1. The normalized spacial score (nSPS) is 19.0. The largest absolute Gasteiger partial charge is 0.294 e. The molecule has 1 aliphatic carbocycles. The van der Waals surface area contributed by atoms with Gasteiger partial charge < -0.3 is 0 Å². The summed E-state index contributed by atoms with van der Waals surface area (Å²) in [5.41, 5.74) is 0.492. The van der Waals surface area contributed by atoms with Crippen molar-refractivity contribution in [1.29, 1.82) is 0 Å². The summed E-state index contributed by atoms with van der Waals surface area (Å²) in [5.74, 6) is -0.0672. The predicted octanol–water partition coefficient (Wildman–Crippen LogP) is 1.50. The molecule has 0 atom stereocenters. The molecule has 0 saturated carbocycles. The van der Waals surface area contributed by atoms with E-state index in [-0.39, 0.29) is 23.4 Å². The van der Waals surface area contributed by atoms with Gasteiger partial charge in [-0.25, -0.2) is 0 Å². The van der Waals surface area contributed by atoms with E-state index < -0.39 is 0 Å². The molecule has 0 saturated heterocycles. The highest BCUT2D eigenvalue weighted by Crippen LogP contribution is 2.30. The lowest BCUT2D eigenvalue weighted by molar-refractivity contribution is -0.121. The quantitative estimate of drug-likeness (QED) is 0.493. The first-order chi connectivity index (χ1) is 4.91. The van der Waals surface area contributed by atoms with Crippen LogP contribution in [0.1, 0.15) is 27.2 Å². The van der Waals surface area contributed by atoms with Crippen molar-refractivity contribution >= 4 is 11.6 Å². The fourth-order valence-electron chi connectivity index (χ4n) is 1.18. The van der Waals surface area contributed by atoms with Gasteiger partial charge in [0.2, 0.25) is 0 Å². The minimum absolute atomic E-state index is 0.0116. The maximum Gasteiger partial charge on any atom is 0.167 e. The molecule has 2 heteroatoms. The summed E-state index contributed by atoms with van der Waals surface area (Å²) >= 11 is 0. The van der Waals surface area contributed by atoms with Gasteiger partial charge in [0.15, 0.2) is 11.6 Å². The molecule has 0 aromatic rings. The zero-order valence-corrected chi connectivity index (χ0v) is 7.10. The Labute approximate surface area is 66.3 Å². The Morgan fingerprint density at radius 1 is 1.27 bits per heavy atom. The first kappa shape index (κ1) is 8.18. The summed E-state index contributed by atoms with van der Waals surface area (Å²) in [4.78, 5) is 22.0. The molecular weight excluding hydrogens is 140 g/mol. The SMILES string of the molecule is CC(C)(C)C1=CC(=O)CC1=O. The Morgan fingerprint density at radius 3 is 2.00 bits per heavy atom. The van der Waals surface area contributed by atoms with Crippen LogP contribution in [0.4, 0.5) is 0 Å². The van der Waals surface area contributed by atoms with Crippen LogP contribution in [0.5, 0.6) is 0 Å². The van der Waals surface area contributed by atoms with Crippen molar-refractivity contribution < 1.29 is 9.59 Å². The van der Waals surface area contributed by atoms with Gasteiger partial charge in [-0.05, 0) is 11.5 Å². The molecule has 0 fully saturated rings. The summed E-state index contributed by atoms with van der Waals surface area (Å²) in [6, 6.07) is 0. The fraction of sp³-hybridized carbons (Fsp3) is 0.556. The first-order valence-corrected chi connectivity index (χ1v) is 3.69. The lowest BCUT2D eigenvalue weighted by Gasteiger charge is -2.17. The van der Waals surface area contributed by atoms with Crippen LogP contribution in [0.3, 0.4) is 0 Å². The van der Waals surface area contributed by atoms with Gasteiger partial charge in [0.05, 0.1) is 6.42 Å². The van der Waals surface area contributed by atoms with Crippen LogP contribution in [0.25, 0.3) is 0 Å². The highest BCUT2D eigenvalue weighted by molar-refractivity contribution is 6.19. The highest BCUT2D eigenvalue weighted by Gasteiger charge is 2.30. The molecule has 0 N–H and O–H groups in total. The van der Waals surface area contributed by atoms with Gasteiger partial charge in [-0.15, -0.1) is 0 Å². The molecule has 0 radical (unpaired) electrons. The van der Waals surface area contributed by atoms with Crippen LogP contribution in [-0.4, -0.2) is 11.6 Å². The number of carbonyl (C=O) groups excluding carboxylic acids is 2. The van der Waals surface area contributed by atoms with Crippen molar-refractivity contribution in [3.63, 3.8) is 0 Å². The summed E-state index contributed by atoms with van der Waals surface area (Å²) in [6.07, 6.45) is 1.55. The van der Waals surface area contributed by atoms with Crippen LogP contribution < -0.4 is 0 Å². The zero-order chi connectivity index (χ0) is 8.65. The smallest absolute Gasteiger partial charge is 0.167 e. The third kappa shape index (κ3) is 1.56. The molecular formula is C9H12O2. The fourth-order valence-corrected chi connectivity index (χ4v) is 1.18. The van der Waals surface area contributed by atoms with Gasteiger partial charge in [-0.2, -0.15) is 0 Å². The van der Waals surface area contributed by atoms with Gasteiger partial charge >= 0.3 is 0 Å². The topological polar surface area (TPSA) is 34.1 Å². The summed E-state index contributed by atoms with van der Waals surface area (Å²) < 4.78 is 0. The lowest BCUT2D eigenvalue weighted by Crippen LogP contribution is -2.14. The molecule has 0 spiro atoms. The number of ketones is 2. The number of rotatable bonds is 0. The van der Waals surface area contributed by atoms with E-state index in [1.165, 1.54) is 6.08 Å². The second kappa shape index (κ2) is 2.29. The van der Waals surface area contributed by atoms with Crippen molar-refractivity contribution in [2.24, 2.45) is 5.41 Å². The number of carbonyl (C=O) groups is 2. The number of Topliss-reactive ketones (excluding diaryl/α,β-unsaturated/α-hetero) is 1. The van der Waals surface area contributed by atoms with Gasteiger partial charge in [0.25, 0.3) is 0 Å². The Kier molecular flexibility index (Phi) is 1.70. The molecule has 1 rings (SSSR count). The molecule has 60 valence electrons. The second-order valence-electron chi connectivity index (χ2n) is 3.87. The predicted molar refractivity (Wildman–Crippen MR) is 42.2 cm³/mol. The Hall–Kier alpha value is -0.920. The summed E-state index contributed by atoms with van der Waals surface area (Å²) in [5, 5.41) is 0. The highest BCUT2D eigenvalue weighted by atomic mass is 16.2. The number of allylic oxidation sites excluding steroid dienone is 2. The van der Waals surface area contributed by atoms with Gasteiger partial charge in [-0.3, -0.25) is 9.59 Å². The monoisotopic (exact) mass is 152 g/mol. The van der Waals surface area contributed by atoms with Gasteiger partial charge in [0, 0.05) is 5.57 Å². The molecule has 0 aromatic carbocycles.